The zero-order valence-corrected chi connectivity index (χ0v) is 24.7. The third-order valence-electron chi connectivity index (χ3n) is 6.24. The van der Waals surface area contributed by atoms with Gasteiger partial charge in [0, 0.05) is 40.3 Å². The Hall–Kier alpha value is -2.91. The molecular formula is C29H32Cl2N2O5S. The maximum Gasteiger partial charge on any atom is 0.331 e. The van der Waals surface area contributed by atoms with Gasteiger partial charge in [0.1, 0.15) is 5.75 Å². The number of carboxylic acids is 1. The molecule has 7 nitrogen and oxygen atoms in total. The van der Waals surface area contributed by atoms with Gasteiger partial charge in [0.15, 0.2) is 5.13 Å². The minimum atomic E-state index is -1.09. The first kappa shape index (κ1) is 30.6. The fraction of sp³-hybridized carbons (Fsp3) is 0.345. The summed E-state index contributed by atoms with van der Waals surface area (Å²) in [6.07, 6.45) is 6.76. The maximum atomic E-state index is 12.9. The van der Waals surface area contributed by atoms with Crippen molar-refractivity contribution in [3.05, 3.63) is 68.0 Å². The molecule has 1 atom stereocenters. The number of carbonyl (C=O) groups excluding carboxylic acids is 1. The van der Waals surface area contributed by atoms with Crippen molar-refractivity contribution in [1.82, 2.24) is 4.98 Å². The quantitative estimate of drug-likeness (QED) is 0.153. The molecule has 0 bridgehead atoms. The van der Waals surface area contributed by atoms with Gasteiger partial charge >= 0.3 is 5.97 Å². The summed E-state index contributed by atoms with van der Waals surface area (Å²) in [6, 6.07) is 8.77. The van der Waals surface area contributed by atoms with Gasteiger partial charge in [0.2, 0.25) is 0 Å². The predicted octanol–water partition coefficient (Wildman–Crippen LogP) is 8.52. The van der Waals surface area contributed by atoms with Crippen molar-refractivity contribution in [2.24, 2.45) is 0 Å². The lowest BCUT2D eigenvalue weighted by molar-refractivity contribution is -0.132. The Bertz CT molecular complexity index is 1330. The molecule has 0 aliphatic heterocycles. The molecule has 3 aromatic rings. The molecule has 1 aromatic heterocycles. The van der Waals surface area contributed by atoms with Crippen molar-refractivity contribution in [2.75, 3.05) is 19.5 Å². The number of carboxylic acid groups (broad SMARTS) is 1. The summed E-state index contributed by atoms with van der Waals surface area (Å²) in [5, 5.41) is 14.5. The van der Waals surface area contributed by atoms with Gasteiger partial charge in [-0.2, -0.15) is 0 Å². The van der Waals surface area contributed by atoms with Gasteiger partial charge in [-0.3, -0.25) is 10.1 Å². The van der Waals surface area contributed by atoms with Gasteiger partial charge < -0.3 is 14.6 Å². The van der Waals surface area contributed by atoms with E-state index in [-0.39, 0.29) is 27.3 Å². The van der Waals surface area contributed by atoms with Crippen LogP contribution in [0.5, 0.6) is 5.75 Å². The molecule has 0 spiro atoms. The number of rotatable bonds is 13. The second kappa shape index (κ2) is 14.5. The summed E-state index contributed by atoms with van der Waals surface area (Å²) in [6.45, 7) is 3.62. The highest BCUT2D eigenvalue weighted by Crippen LogP contribution is 2.40. The molecule has 1 amide bonds. The number of anilines is 1. The average Bonchev–Trinajstić information content (AvgIpc) is 3.38. The molecule has 0 radical (unpaired) electrons. The van der Waals surface area contributed by atoms with E-state index in [0.29, 0.717) is 22.1 Å². The minimum absolute atomic E-state index is 0.0686. The first-order valence-corrected chi connectivity index (χ1v) is 14.2. The molecule has 0 fully saturated rings. The van der Waals surface area contributed by atoms with Crippen LogP contribution < -0.4 is 10.1 Å². The van der Waals surface area contributed by atoms with E-state index >= 15 is 0 Å². The lowest BCUT2D eigenvalue weighted by Gasteiger charge is -2.20. The second-order valence-electron chi connectivity index (χ2n) is 8.98. The number of thiazole rings is 1. The van der Waals surface area contributed by atoms with E-state index in [1.165, 1.54) is 49.3 Å². The summed E-state index contributed by atoms with van der Waals surface area (Å²) in [5.74, 6) is -0.838. The Morgan fingerprint density at radius 3 is 2.49 bits per heavy atom. The van der Waals surface area contributed by atoms with Crippen LogP contribution in [0.15, 0.2) is 41.3 Å². The number of amides is 1. The van der Waals surface area contributed by atoms with E-state index in [1.807, 2.05) is 23.6 Å². The standard InChI is InChI=1S/C29H32Cl2N2O5S/c1-5-6-7-8-12-25(37-3)20-11-9-10-19(26(20)38-4)24-16-39-29(32-24)33-27(34)18-14-22(30)21(23(31)15-18)13-17(2)28(35)36/h9-11,13-16,25H,5-8,12H2,1-4H3,(H,35,36)(H,32,33,34)/b17-13+. The molecule has 208 valence electrons. The topological polar surface area (TPSA) is 97.8 Å². The van der Waals surface area contributed by atoms with Gasteiger partial charge in [0.25, 0.3) is 5.91 Å². The van der Waals surface area contributed by atoms with Crippen LogP contribution in [0.4, 0.5) is 5.13 Å². The highest BCUT2D eigenvalue weighted by molar-refractivity contribution is 7.14. The fourth-order valence-electron chi connectivity index (χ4n) is 4.15. The molecule has 1 heterocycles. The van der Waals surface area contributed by atoms with E-state index in [4.69, 9.17) is 37.8 Å². The number of methoxy groups -OCH3 is 2. The summed E-state index contributed by atoms with van der Waals surface area (Å²) < 4.78 is 11.6. The molecule has 1 unspecified atom stereocenters. The molecular weight excluding hydrogens is 559 g/mol. The Kier molecular flexibility index (Phi) is 11.4. The van der Waals surface area contributed by atoms with Crippen LogP contribution in [0.1, 0.15) is 73.5 Å². The summed E-state index contributed by atoms with van der Waals surface area (Å²) in [4.78, 5) is 28.7. The number of benzene rings is 2. The Morgan fingerprint density at radius 1 is 1.15 bits per heavy atom. The number of aromatic nitrogens is 1. The molecule has 39 heavy (non-hydrogen) atoms. The fourth-order valence-corrected chi connectivity index (χ4v) is 5.45. The van der Waals surface area contributed by atoms with Crippen molar-refractivity contribution in [3.63, 3.8) is 0 Å². The SMILES string of the molecule is CCCCCCC(OC)c1cccc(-c2csc(NC(=O)c3cc(Cl)c(/C=C(\C)C(=O)O)c(Cl)c3)n2)c1OC. The Morgan fingerprint density at radius 2 is 1.87 bits per heavy atom. The molecule has 0 aliphatic carbocycles. The summed E-state index contributed by atoms with van der Waals surface area (Å²) >= 11 is 13.9. The maximum absolute atomic E-state index is 12.9. The van der Waals surface area contributed by atoms with Crippen LogP contribution in [-0.4, -0.2) is 36.2 Å². The van der Waals surface area contributed by atoms with Crippen molar-refractivity contribution in [1.29, 1.82) is 0 Å². The number of hydrogen-bond acceptors (Lipinski definition) is 6. The van der Waals surface area contributed by atoms with Crippen LogP contribution in [0, 0.1) is 0 Å². The number of halogens is 2. The van der Waals surface area contributed by atoms with Gasteiger partial charge in [0.05, 0.1) is 29.0 Å². The van der Waals surface area contributed by atoms with E-state index in [1.54, 1.807) is 14.2 Å². The molecule has 3 rings (SSSR count). The van der Waals surface area contributed by atoms with Crippen LogP contribution in [0.3, 0.4) is 0 Å². The van der Waals surface area contributed by atoms with E-state index in [0.717, 1.165) is 30.4 Å². The monoisotopic (exact) mass is 590 g/mol. The van der Waals surface area contributed by atoms with E-state index < -0.39 is 11.9 Å². The van der Waals surface area contributed by atoms with Crippen LogP contribution in [0.2, 0.25) is 10.0 Å². The largest absolute Gasteiger partial charge is 0.496 e. The van der Waals surface area contributed by atoms with Crippen LogP contribution >= 0.6 is 34.5 Å². The zero-order chi connectivity index (χ0) is 28.5. The van der Waals surface area contributed by atoms with Gasteiger partial charge in [-0.25, -0.2) is 9.78 Å². The van der Waals surface area contributed by atoms with E-state index in [2.05, 4.69) is 17.2 Å². The molecule has 0 aliphatic rings. The summed E-state index contributed by atoms with van der Waals surface area (Å²) in [7, 11) is 3.34. The molecule has 10 heteroatoms. The highest BCUT2D eigenvalue weighted by atomic mass is 35.5. The van der Waals surface area contributed by atoms with Crippen molar-refractivity contribution < 1.29 is 24.2 Å². The van der Waals surface area contributed by atoms with Crippen molar-refractivity contribution >= 4 is 57.6 Å². The first-order chi connectivity index (χ1) is 18.7. The Labute approximate surface area is 242 Å². The van der Waals surface area contributed by atoms with Gasteiger partial charge in [-0.1, -0.05) is 67.9 Å². The van der Waals surface area contributed by atoms with Crippen molar-refractivity contribution in [2.45, 2.75) is 52.1 Å². The number of hydrogen-bond donors (Lipinski definition) is 2. The lowest BCUT2D eigenvalue weighted by Crippen LogP contribution is -2.12. The third kappa shape index (κ3) is 7.82. The Balaban J connectivity index is 1.82. The normalized spacial score (nSPS) is 12.3. The number of carbonyl (C=O) groups is 2. The smallest absolute Gasteiger partial charge is 0.331 e. The van der Waals surface area contributed by atoms with Crippen LogP contribution in [0.25, 0.3) is 17.3 Å². The predicted molar refractivity (Wildman–Crippen MR) is 158 cm³/mol. The zero-order valence-electron chi connectivity index (χ0n) is 22.3. The first-order valence-electron chi connectivity index (χ1n) is 12.6. The minimum Gasteiger partial charge on any atom is -0.496 e. The van der Waals surface area contributed by atoms with Gasteiger partial charge in [-0.05, 0) is 37.6 Å². The molecule has 2 N–H and O–H groups in total. The molecule has 2 aromatic carbocycles. The number of ether oxygens (including phenoxy) is 2. The van der Waals surface area contributed by atoms with E-state index in [9.17, 15) is 9.59 Å². The van der Waals surface area contributed by atoms with Gasteiger partial charge in [-0.15, -0.1) is 11.3 Å². The third-order valence-corrected chi connectivity index (χ3v) is 7.62. The molecule has 0 saturated carbocycles. The number of unbranched alkanes of at least 4 members (excludes halogenated alkanes) is 3. The average molecular weight is 592 g/mol. The number of para-hydroxylation sites is 1. The van der Waals surface area contributed by atoms with Crippen LogP contribution in [-0.2, 0) is 9.53 Å². The number of aliphatic carboxylic acids is 1. The number of nitrogens with one attached hydrogen (secondary N) is 1. The van der Waals surface area contributed by atoms with Crippen molar-refractivity contribution in [3.8, 4) is 17.0 Å². The number of nitrogens with zero attached hydrogens (tertiary/aromatic N) is 1. The second-order valence-corrected chi connectivity index (χ2v) is 10.7. The summed E-state index contributed by atoms with van der Waals surface area (Å²) in [5.41, 5.74) is 3.05. The highest BCUT2D eigenvalue weighted by Gasteiger charge is 2.21. The lowest BCUT2D eigenvalue weighted by atomic mass is 9.98. The molecule has 0 saturated heterocycles.